The first kappa shape index (κ1) is 44.3. The molecule has 32 valence electrons. The Bertz CT molecular complexity index is 7.51. The van der Waals surface area contributed by atoms with Crippen LogP contribution in [-0.4, -0.2) is 60.8 Å². The quantitative estimate of drug-likeness (QED) is 0.200. The van der Waals surface area contributed by atoms with Crippen molar-refractivity contribution in [1.82, 2.24) is 0 Å². The summed E-state index contributed by atoms with van der Waals surface area (Å²) in [5.41, 5.74) is 0. The summed E-state index contributed by atoms with van der Waals surface area (Å²) in [7, 11) is 0. The summed E-state index contributed by atoms with van der Waals surface area (Å²) in [6.45, 7) is 0. The Morgan fingerprint density at radius 2 is 0.500 bits per heavy atom. The average molecular weight is 572 g/mol. The van der Waals surface area contributed by atoms with Crippen molar-refractivity contribution >= 4 is 60.8 Å². The molecule has 0 aliphatic carbocycles. The molecule has 0 N–H and O–H groups in total. The van der Waals surface area contributed by atoms with E-state index >= 15 is 0 Å². The molecule has 0 saturated carbocycles. The molecule has 0 bridgehead atoms. The van der Waals surface area contributed by atoms with Crippen molar-refractivity contribution in [1.29, 1.82) is 0 Å². The fourth-order valence-electron chi connectivity index (χ4n) is 0. The topological polar surface area (TPSA) is 0 Å². The second-order valence-electron chi connectivity index (χ2n) is 0. The molecule has 0 aromatic heterocycles. The van der Waals surface area contributed by atoms with Crippen LogP contribution in [0.25, 0.3) is 0 Å². The Balaban J connectivity index is 0. The third-order valence-electron chi connectivity index (χ3n) is 0. The van der Waals surface area contributed by atoms with E-state index in [1.54, 1.807) is 0 Å². The first-order valence-electron chi connectivity index (χ1n) is 0. The van der Waals surface area contributed by atoms with Crippen molar-refractivity contribution in [3.63, 3.8) is 0 Å². The van der Waals surface area contributed by atoms with Crippen LogP contribution in [0.1, 0.15) is 0 Å². The minimum Gasteiger partial charge on any atom is -1.00 e. The van der Waals surface area contributed by atoms with E-state index in [1.807, 2.05) is 0 Å². The molecule has 0 atom stereocenters. The fraction of sp³-hybridized carbons (Fsp3) is 0. The number of rotatable bonds is 0. The van der Waals surface area contributed by atoms with Gasteiger partial charge in [-0.2, -0.15) is 0 Å². The fourth-order valence-corrected chi connectivity index (χ4v) is 0. The molecule has 0 amide bonds. The van der Waals surface area contributed by atoms with Crippen molar-refractivity contribution in [3.8, 4) is 0 Å². The molecular weight excluding hydrogens is 572 g/mol. The van der Waals surface area contributed by atoms with Crippen molar-refractivity contribution in [2.24, 2.45) is 0 Å². The van der Waals surface area contributed by atoms with Gasteiger partial charge in [0, 0.05) is 0 Å². The van der Waals surface area contributed by atoms with Gasteiger partial charge in [-0.15, -0.1) is 0 Å². The maximum atomic E-state index is 0. The molecule has 0 aromatic carbocycles. The van der Waals surface area contributed by atoms with E-state index in [9.17, 15) is 0 Å². The van der Waals surface area contributed by atoms with E-state index in [4.69, 9.17) is 0 Å². The maximum absolute atomic E-state index is 0. The molecule has 0 aromatic rings. The normalized spacial score (nSPS) is 0. The molecule has 0 aliphatic heterocycles. The molecule has 0 heterocycles. The Morgan fingerprint density at radius 1 is 0.500 bits per heavy atom. The van der Waals surface area contributed by atoms with Crippen molar-refractivity contribution in [2.45, 2.75) is 0 Å². The van der Waals surface area contributed by atoms with Crippen LogP contribution in [0.3, 0.4) is 0 Å². The Morgan fingerprint density at radius 3 is 0.500 bits per heavy atom. The van der Waals surface area contributed by atoms with Gasteiger partial charge in [0.05, 0.1) is 0 Å². The minimum atomic E-state index is 0. The molecule has 0 saturated heterocycles. The van der Waals surface area contributed by atoms with Gasteiger partial charge in [-0.3, -0.25) is 0 Å². The monoisotopic (exact) mass is 572 g/mol. The Kier molecular flexibility index (Phi) is 240. The van der Waals surface area contributed by atoms with Gasteiger partial charge >= 0.3 is 60.8 Å². The summed E-state index contributed by atoms with van der Waals surface area (Å²) in [6.07, 6.45) is 0. The molecule has 0 radical (unpaired) electrons. The van der Waals surface area contributed by atoms with Crippen molar-refractivity contribution < 1.29 is 95.9 Å². The average Bonchev–Trinajstić information content (AvgIpc) is 0. The zero-order chi connectivity index (χ0) is 0. The smallest absolute Gasteiger partial charge is 1.00 e. The van der Waals surface area contributed by atoms with Gasteiger partial charge in [-0.1, -0.05) is 0 Å². The third-order valence-corrected chi connectivity index (χ3v) is 0. The predicted molar refractivity (Wildman–Crippen MR) is 11.5 cm³/mol. The van der Waals surface area contributed by atoms with Crippen LogP contribution in [0.4, 0.5) is 0 Å². The first-order chi connectivity index (χ1) is 0. The molecule has 0 nitrogen and oxygen atoms in total. The molecular formula is CaI4Mg. The molecule has 0 rings (SSSR count). The molecule has 0 aliphatic rings. The van der Waals surface area contributed by atoms with Crippen LogP contribution in [0.2, 0.25) is 0 Å². The van der Waals surface area contributed by atoms with Crippen LogP contribution >= 0.6 is 0 Å². The van der Waals surface area contributed by atoms with E-state index in [-0.39, 0.29) is 157 Å². The van der Waals surface area contributed by atoms with Gasteiger partial charge < -0.3 is 95.9 Å². The van der Waals surface area contributed by atoms with E-state index in [0.29, 0.717) is 0 Å². The Labute approximate surface area is 152 Å². The molecule has 0 spiro atoms. The summed E-state index contributed by atoms with van der Waals surface area (Å²) < 4.78 is 0. The van der Waals surface area contributed by atoms with E-state index < -0.39 is 0 Å². The van der Waals surface area contributed by atoms with Gasteiger partial charge in [0.15, 0.2) is 0 Å². The number of hydrogen-bond acceptors (Lipinski definition) is 0. The number of hydrogen-bond donors (Lipinski definition) is 0. The van der Waals surface area contributed by atoms with E-state index in [1.165, 1.54) is 0 Å². The summed E-state index contributed by atoms with van der Waals surface area (Å²) in [4.78, 5) is 0. The summed E-state index contributed by atoms with van der Waals surface area (Å²) in [5.74, 6) is 0. The van der Waals surface area contributed by atoms with Crippen LogP contribution in [0.15, 0.2) is 0 Å². The zero-order valence-corrected chi connectivity index (χ0v) is 15.2. The van der Waals surface area contributed by atoms with Crippen LogP contribution in [-0.2, 0) is 0 Å². The van der Waals surface area contributed by atoms with Crippen LogP contribution in [0.5, 0.6) is 0 Å². The molecule has 0 unspecified atom stereocenters. The van der Waals surface area contributed by atoms with Gasteiger partial charge in [0.2, 0.25) is 0 Å². The van der Waals surface area contributed by atoms with Gasteiger partial charge in [-0.25, -0.2) is 0 Å². The standard InChI is InChI=1S/Ca.4HI.Mg/h;4*1H;/q+2;;;;;+2/p-4. The third kappa shape index (κ3) is 23.1. The Hall–Kier alpha value is 4.95. The SMILES string of the molecule is [Ca+2].[I-].[I-].[I-].[I-].[Mg+2]. The molecule has 0 fully saturated rings. The van der Waals surface area contributed by atoms with E-state index in [2.05, 4.69) is 0 Å². The van der Waals surface area contributed by atoms with Crippen LogP contribution < -0.4 is 95.9 Å². The first-order valence-corrected chi connectivity index (χ1v) is 0. The summed E-state index contributed by atoms with van der Waals surface area (Å²) >= 11 is 0. The number of halogens is 4. The van der Waals surface area contributed by atoms with Gasteiger partial charge in [0.1, 0.15) is 0 Å². The summed E-state index contributed by atoms with van der Waals surface area (Å²) in [5, 5.41) is 0. The summed E-state index contributed by atoms with van der Waals surface area (Å²) in [6, 6.07) is 0. The maximum Gasteiger partial charge on any atom is 2.00 e. The molecule has 6 heavy (non-hydrogen) atoms. The molecule has 6 heteroatoms. The van der Waals surface area contributed by atoms with Gasteiger partial charge in [0.25, 0.3) is 0 Å². The van der Waals surface area contributed by atoms with Crippen LogP contribution in [0, 0.1) is 0 Å². The van der Waals surface area contributed by atoms with Crippen molar-refractivity contribution in [2.75, 3.05) is 0 Å². The second-order valence-corrected chi connectivity index (χ2v) is 0. The largest absolute Gasteiger partial charge is 2.00 e. The zero-order valence-electron chi connectivity index (χ0n) is 2.93. The van der Waals surface area contributed by atoms with Crippen molar-refractivity contribution in [3.05, 3.63) is 0 Å². The minimum absolute atomic E-state index is 0. The predicted octanol–water partition coefficient (Wildman–Crippen LogP) is -12.7. The van der Waals surface area contributed by atoms with E-state index in [0.717, 1.165) is 0 Å². The second kappa shape index (κ2) is 32.5. The van der Waals surface area contributed by atoms with Gasteiger partial charge in [-0.05, 0) is 0 Å².